The molecule has 1 fully saturated rings. The van der Waals surface area contributed by atoms with Gasteiger partial charge in [0.1, 0.15) is 0 Å². The molecule has 0 aromatic heterocycles. The normalized spacial score (nSPS) is 19.4. The van der Waals surface area contributed by atoms with Crippen LogP contribution in [0.1, 0.15) is 31.9 Å². The molecule has 1 saturated heterocycles. The van der Waals surface area contributed by atoms with Gasteiger partial charge in [0.05, 0.1) is 22.8 Å². The van der Waals surface area contributed by atoms with Crippen molar-refractivity contribution in [3.8, 4) is 0 Å². The number of rotatable bonds is 5. The Kier molecular flexibility index (Phi) is 6.50. The molecule has 0 spiro atoms. The van der Waals surface area contributed by atoms with Crippen LogP contribution in [0, 0.1) is 0 Å². The smallest absolute Gasteiger partial charge is 0.221 e. The topological polar surface area (TPSA) is 41.6 Å². The van der Waals surface area contributed by atoms with Crippen LogP contribution in [-0.2, 0) is 9.53 Å². The lowest BCUT2D eigenvalue weighted by atomic mass is 10.1. The van der Waals surface area contributed by atoms with Gasteiger partial charge in [-0.05, 0) is 31.5 Å². The Bertz CT molecular complexity index is 523. The first-order valence-corrected chi connectivity index (χ1v) is 8.29. The SMILES string of the molecule is CC(C)NC(=O)CCN1CCO[C@H](c2ccc(Cl)c(Cl)c2)C1. The molecular weight excluding hydrogens is 323 g/mol. The second kappa shape index (κ2) is 8.16. The van der Waals surface area contributed by atoms with E-state index in [-0.39, 0.29) is 18.1 Å². The Morgan fingerprint density at radius 2 is 2.18 bits per heavy atom. The summed E-state index contributed by atoms with van der Waals surface area (Å²) in [6.07, 6.45) is 0.475. The van der Waals surface area contributed by atoms with Crippen molar-refractivity contribution in [1.29, 1.82) is 0 Å². The first-order valence-electron chi connectivity index (χ1n) is 7.54. The Morgan fingerprint density at radius 1 is 1.41 bits per heavy atom. The van der Waals surface area contributed by atoms with Crippen LogP contribution >= 0.6 is 23.2 Å². The zero-order valence-corrected chi connectivity index (χ0v) is 14.5. The van der Waals surface area contributed by atoms with E-state index < -0.39 is 0 Å². The second-order valence-electron chi connectivity index (χ2n) is 5.81. The highest BCUT2D eigenvalue weighted by molar-refractivity contribution is 6.42. The minimum absolute atomic E-state index is 0.0309. The van der Waals surface area contributed by atoms with E-state index in [1.807, 2.05) is 26.0 Å². The van der Waals surface area contributed by atoms with Gasteiger partial charge in [-0.15, -0.1) is 0 Å². The van der Waals surface area contributed by atoms with E-state index in [2.05, 4.69) is 10.2 Å². The summed E-state index contributed by atoms with van der Waals surface area (Å²) < 4.78 is 5.82. The molecule has 0 bridgehead atoms. The van der Waals surface area contributed by atoms with Gasteiger partial charge in [-0.3, -0.25) is 9.69 Å². The number of nitrogens with one attached hydrogen (secondary N) is 1. The number of carbonyl (C=O) groups excluding carboxylic acids is 1. The van der Waals surface area contributed by atoms with Crippen LogP contribution in [0.25, 0.3) is 0 Å². The third-order valence-corrected chi connectivity index (χ3v) is 4.31. The van der Waals surface area contributed by atoms with E-state index in [1.165, 1.54) is 0 Å². The molecule has 1 aromatic carbocycles. The van der Waals surface area contributed by atoms with Crippen molar-refractivity contribution in [1.82, 2.24) is 10.2 Å². The van der Waals surface area contributed by atoms with E-state index in [0.29, 0.717) is 23.1 Å². The number of carbonyl (C=O) groups is 1. The van der Waals surface area contributed by atoms with Gasteiger partial charge < -0.3 is 10.1 Å². The number of halogens is 2. The molecule has 1 N–H and O–H groups in total. The number of morpholine rings is 1. The number of amides is 1. The molecule has 6 heteroatoms. The summed E-state index contributed by atoms with van der Waals surface area (Å²) >= 11 is 12.0. The lowest BCUT2D eigenvalue weighted by Gasteiger charge is -2.33. The minimum Gasteiger partial charge on any atom is -0.371 e. The first-order chi connectivity index (χ1) is 10.5. The van der Waals surface area contributed by atoms with Gasteiger partial charge in [0.2, 0.25) is 5.91 Å². The van der Waals surface area contributed by atoms with Crippen LogP contribution in [0.15, 0.2) is 18.2 Å². The van der Waals surface area contributed by atoms with Crippen LogP contribution in [0.4, 0.5) is 0 Å². The summed E-state index contributed by atoms with van der Waals surface area (Å²) in [6.45, 7) is 6.91. The fourth-order valence-electron chi connectivity index (χ4n) is 2.47. The zero-order chi connectivity index (χ0) is 16.1. The Hall–Kier alpha value is -0.810. The van der Waals surface area contributed by atoms with Crippen LogP contribution < -0.4 is 5.32 Å². The van der Waals surface area contributed by atoms with Gasteiger partial charge in [-0.2, -0.15) is 0 Å². The molecule has 4 nitrogen and oxygen atoms in total. The molecule has 0 unspecified atom stereocenters. The quantitative estimate of drug-likeness (QED) is 0.891. The molecular formula is C16H22Cl2N2O2. The molecule has 22 heavy (non-hydrogen) atoms. The van der Waals surface area contributed by atoms with Crippen LogP contribution in [-0.4, -0.2) is 43.1 Å². The van der Waals surface area contributed by atoms with Crippen molar-refractivity contribution in [3.05, 3.63) is 33.8 Å². The summed E-state index contributed by atoms with van der Waals surface area (Å²) in [5.74, 6) is 0.0904. The molecule has 2 rings (SSSR count). The van der Waals surface area contributed by atoms with E-state index in [9.17, 15) is 4.79 Å². The van der Waals surface area contributed by atoms with Gasteiger partial charge in [-0.1, -0.05) is 29.3 Å². The van der Waals surface area contributed by atoms with Crippen molar-refractivity contribution in [3.63, 3.8) is 0 Å². The number of hydrogen-bond donors (Lipinski definition) is 1. The summed E-state index contributed by atoms with van der Waals surface area (Å²) in [5, 5.41) is 3.99. The molecule has 1 heterocycles. The van der Waals surface area contributed by atoms with Gasteiger partial charge in [0.25, 0.3) is 0 Å². The van der Waals surface area contributed by atoms with Crippen molar-refractivity contribution in [2.24, 2.45) is 0 Å². The number of hydrogen-bond acceptors (Lipinski definition) is 3. The summed E-state index contributed by atoms with van der Waals surface area (Å²) in [5.41, 5.74) is 1.02. The Labute approximate surface area is 141 Å². The summed E-state index contributed by atoms with van der Waals surface area (Å²) in [7, 11) is 0. The highest BCUT2D eigenvalue weighted by Crippen LogP contribution is 2.29. The molecule has 0 saturated carbocycles. The second-order valence-corrected chi connectivity index (χ2v) is 6.62. The maximum absolute atomic E-state index is 11.7. The van der Waals surface area contributed by atoms with Crippen molar-refractivity contribution >= 4 is 29.1 Å². The fraction of sp³-hybridized carbons (Fsp3) is 0.562. The standard InChI is InChI=1S/C16H22Cl2N2O2/c1-11(2)19-16(21)5-6-20-7-8-22-15(10-20)12-3-4-13(17)14(18)9-12/h3-4,9,11,15H,5-8,10H2,1-2H3,(H,19,21)/t15-/m0/s1. The number of ether oxygens (including phenoxy) is 1. The maximum Gasteiger partial charge on any atom is 0.221 e. The molecule has 1 aliphatic rings. The third kappa shape index (κ3) is 5.13. The molecule has 0 aliphatic carbocycles. The Balaban J connectivity index is 1.88. The largest absolute Gasteiger partial charge is 0.371 e. The highest BCUT2D eigenvalue weighted by atomic mass is 35.5. The predicted octanol–water partition coefficient (Wildman–Crippen LogP) is 3.28. The van der Waals surface area contributed by atoms with E-state index in [1.54, 1.807) is 6.07 Å². The average molecular weight is 345 g/mol. The monoisotopic (exact) mass is 344 g/mol. The minimum atomic E-state index is -0.0309. The molecule has 0 radical (unpaired) electrons. The van der Waals surface area contributed by atoms with Crippen LogP contribution in [0.5, 0.6) is 0 Å². The van der Waals surface area contributed by atoms with E-state index >= 15 is 0 Å². The van der Waals surface area contributed by atoms with Gasteiger partial charge in [-0.25, -0.2) is 0 Å². The maximum atomic E-state index is 11.7. The van der Waals surface area contributed by atoms with Crippen molar-refractivity contribution < 1.29 is 9.53 Å². The molecule has 1 aromatic rings. The van der Waals surface area contributed by atoms with Crippen molar-refractivity contribution in [2.45, 2.75) is 32.4 Å². The Morgan fingerprint density at radius 3 is 2.86 bits per heavy atom. The molecule has 1 atom stereocenters. The zero-order valence-electron chi connectivity index (χ0n) is 12.9. The summed E-state index contributed by atoms with van der Waals surface area (Å²) in [6, 6.07) is 5.76. The third-order valence-electron chi connectivity index (χ3n) is 3.57. The number of nitrogens with zero attached hydrogens (tertiary/aromatic N) is 1. The predicted molar refractivity (Wildman–Crippen MR) is 89.5 cm³/mol. The molecule has 1 amide bonds. The summed E-state index contributed by atoms with van der Waals surface area (Å²) in [4.78, 5) is 14.0. The van der Waals surface area contributed by atoms with Gasteiger partial charge in [0.15, 0.2) is 0 Å². The molecule has 1 aliphatic heterocycles. The number of benzene rings is 1. The fourth-order valence-corrected chi connectivity index (χ4v) is 2.78. The first kappa shape index (κ1) is 17.5. The van der Waals surface area contributed by atoms with Crippen LogP contribution in [0.2, 0.25) is 10.0 Å². The lowest BCUT2D eigenvalue weighted by Crippen LogP contribution is -2.41. The van der Waals surface area contributed by atoms with E-state index in [4.69, 9.17) is 27.9 Å². The van der Waals surface area contributed by atoms with Crippen molar-refractivity contribution in [2.75, 3.05) is 26.2 Å². The highest BCUT2D eigenvalue weighted by Gasteiger charge is 2.22. The van der Waals surface area contributed by atoms with Crippen LogP contribution in [0.3, 0.4) is 0 Å². The average Bonchev–Trinajstić information content (AvgIpc) is 2.47. The van der Waals surface area contributed by atoms with Gasteiger partial charge in [0, 0.05) is 32.1 Å². The van der Waals surface area contributed by atoms with Gasteiger partial charge >= 0.3 is 0 Å². The lowest BCUT2D eigenvalue weighted by molar-refractivity contribution is -0.122. The van der Waals surface area contributed by atoms with E-state index in [0.717, 1.165) is 25.2 Å². The molecule has 122 valence electrons.